The zero-order chi connectivity index (χ0) is 15.9. The molecular formula is C18H22N2O2. The summed E-state index contributed by atoms with van der Waals surface area (Å²) in [7, 11) is 1.80. The lowest BCUT2D eigenvalue weighted by Gasteiger charge is -2.18. The first-order valence-corrected chi connectivity index (χ1v) is 7.39. The van der Waals surface area contributed by atoms with Gasteiger partial charge in [-0.05, 0) is 55.2 Å². The predicted molar refractivity (Wildman–Crippen MR) is 87.0 cm³/mol. The molecule has 0 aliphatic rings. The van der Waals surface area contributed by atoms with E-state index >= 15 is 0 Å². The van der Waals surface area contributed by atoms with Crippen LogP contribution >= 0.6 is 0 Å². The summed E-state index contributed by atoms with van der Waals surface area (Å²) in [6.45, 7) is 4.72. The van der Waals surface area contributed by atoms with Gasteiger partial charge in [-0.15, -0.1) is 0 Å². The molecule has 0 saturated heterocycles. The summed E-state index contributed by atoms with van der Waals surface area (Å²) in [6.07, 6.45) is 4.34. The van der Waals surface area contributed by atoms with E-state index in [1.165, 1.54) is 5.56 Å². The van der Waals surface area contributed by atoms with E-state index in [1.54, 1.807) is 24.3 Å². The van der Waals surface area contributed by atoms with Gasteiger partial charge in [0.25, 0.3) is 5.91 Å². The maximum atomic E-state index is 12.1. The number of aromatic nitrogens is 1. The van der Waals surface area contributed by atoms with Crippen molar-refractivity contribution in [1.29, 1.82) is 0 Å². The third kappa shape index (κ3) is 4.58. The molecule has 0 atom stereocenters. The number of rotatable bonds is 6. The van der Waals surface area contributed by atoms with Gasteiger partial charge in [0.1, 0.15) is 5.75 Å². The van der Waals surface area contributed by atoms with Gasteiger partial charge in [0.15, 0.2) is 6.61 Å². The first kappa shape index (κ1) is 16.0. The summed E-state index contributed by atoms with van der Waals surface area (Å²) in [5.41, 5.74) is 3.34. The van der Waals surface area contributed by atoms with E-state index in [1.807, 2.05) is 44.2 Å². The van der Waals surface area contributed by atoms with Crippen LogP contribution in [0, 0.1) is 13.8 Å². The van der Waals surface area contributed by atoms with Crippen molar-refractivity contribution in [3.05, 3.63) is 59.4 Å². The van der Waals surface area contributed by atoms with Crippen LogP contribution in [0.25, 0.3) is 0 Å². The van der Waals surface area contributed by atoms with E-state index in [9.17, 15) is 4.79 Å². The maximum Gasteiger partial charge on any atom is 0.260 e. The Morgan fingerprint density at radius 1 is 1.18 bits per heavy atom. The van der Waals surface area contributed by atoms with Gasteiger partial charge in [-0.3, -0.25) is 9.78 Å². The first-order chi connectivity index (χ1) is 10.6. The second-order valence-corrected chi connectivity index (χ2v) is 5.48. The topological polar surface area (TPSA) is 42.4 Å². The molecule has 0 fully saturated rings. The van der Waals surface area contributed by atoms with Gasteiger partial charge in [0.2, 0.25) is 0 Å². The molecule has 0 spiro atoms. The highest BCUT2D eigenvalue weighted by Crippen LogP contribution is 2.19. The molecule has 0 aliphatic carbocycles. The van der Waals surface area contributed by atoms with Crippen LogP contribution in [0.4, 0.5) is 0 Å². The number of aryl methyl sites for hydroxylation is 2. The van der Waals surface area contributed by atoms with Crippen LogP contribution in [0.2, 0.25) is 0 Å². The van der Waals surface area contributed by atoms with Crippen molar-refractivity contribution in [3.63, 3.8) is 0 Å². The Morgan fingerprint density at radius 3 is 2.64 bits per heavy atom. The maximum absolute atomic E-state index is 12.1. The van der Waals surface area contributed by atoms with E-state index in [4.69, 9.17) is 4.74 Å². The van der Waals surface area contributed by atoms with Crippen molar-refractivity contribution in [3.8, 4) is 5.75 Å². The number of carbonyl (C=O) groups excluding carboxylic acids is 1. The highest BCUT2D eigenvalue weighted by atomic mass is 16.5. The van der Waals surface area contributed by atoms with Crippen LogP contribution < -0.4 is 4.74 Å². The summed E-state index contributed by atoms with van der Waals surface area (Å²) < 4.78 is 5.65. The summed E-state index contributed by atoms with van der Waals surface area (Å²) in [6, 6.07) is 9.92. The number of nitrogens with zero attached hydrogens (tertiary/aromatic N) is 2. The monoisotopic (exact) mass is 298 g/mol. The number of hydrogen-bond donors (Lipinski definition) is 0. The fraction of sp³-hybridized carbons (Fsp3) is 0.333. The molecule has 22 heavy (non-hydrogen) atoms. The molecule has 116 valence electrons. The minimum atomic E-state index is -0.0186. The van der Waals surface area contributed by atoms with Crippen LogP contribution in [-0.4, -0.2) is 36.0 Å². The SMILES string of the molecule is Cc1ccc(C)c(OCC(=O)N(C)CCc2ccncc2)c1. The minimum absolute atomic E-state index is 0.0186. The fourth-order valence-electron chi connectivity index (χ4n) is 2.08. The Balaban J connectivity index is 1.82. The number of amides is 1. The molecule has 0 radical (unpaired) electrons. The van der Waals surface area contributed by atoms with Crippen LogP contribution in [-0.2, 0) is 11.2 Å². The average Bonchev–Trinajstić information content (AvgIpc) is 2.54. The smallest absolute Gasteiger partial charge is 0.260 e. The van der Waals surface area contributed by atoms with E-state index < -0.39 is 0 Å². The highest BCUT2D eigenvalue weighted by Gasteiger charge is 2.10. The van der Waals surface area contributed by atoms with E-state index in [-0.39, 0.29) is 12.5 Å². The predicted octanol–water partition coefficient (Wildman–Crippen LogP) is 2.78. The Morgan fingerprint density at radius 2 is 1.91 bits per heavy atom. The Hall–Kier alpha value is -2.36. The average molecular weight is 298 g/mol. The molecule has 0 aliphatic heterocycles. The van der Waals surface area contributed by atoms with Crippen LogP contribution in [0.5, 0.6) is 5.75 Å². The number of carbonyl (C=O) groups is 1. The zero-order valence-corrected chi connectivity index (χ0v) is 13.4. The molecule has 4 heteroatoms. The van der Waals surface area contributed by atoms with Crippen LogP contribution in [0.15, 0.2) is 42.7 Å². The molecule has 0 saturated carbocycles. The number of benzene rings is 1. The van der Waals surface area contributed by atoms with Gasteiger partial charge in [-0.2, -0.15) is 0 Å². The quantitative estimate of drug-likeness (QED) is 0.823. The molecule has 0 N–H and O–H groups in total. The normalized spacial score (nSPS) is 10.3. The molecule has 1 aromatic carbocycles. The lowest BCUT2D eigenvalue weighted by atomic mass is 10.1. The van der Waals surface area contributed by atoms with E-state index in [2.05, 4.69) is 4.98 Å². The minimum Gasteiger partial charge on any atom is -0.483 e. The summed E-state index contributed by atoms with van der Waals surface area (Å²) in [4.78, 5) is 17.8. The molecule has 1 aromatic heterocycles. The number of likely N-dealkylation sites (N-methyl/N-ethyl adjacent to an activating group) is 1. The number of pyridine rings is 1. The molecule has 1 heterocycles. The van der Waals surface area contributed by atoms with Gasteiger partial charge >= 0.3 is 0 Å². The summed E-state index contributed by atoms with van der Waals surface area (Å²) >= 11 is 0. The molecule has 0 bridgehead atoms. The van der Waals surface area contributed by atoms with E-state index in [0.29, 0.717) is 6.54 Å². The molecule has 0 unspecified atom stereocenters. The van der Waals surface area contributed by atoms with E-state index in [0.717, 1.165) is 23.3 Å². The zero-order valence-electron chi connectivity index (χ0n) is 13.4. The Kier molecular flexibility index (Phi) is 5.53. The van der Waals surface area contributed by atoms with Crippen molar-refractivity contribution in [2.24, 2.45) is 0 Å². The molecule has 2 aromatic rings. The van der Waals surface area contributed by atoms with Crippen molar-refractivity contribution in [1.82, 2.24) is 9.88 Å². The van der Waals surface area contributed by atoms with Crippen LogP contribution in [0.1, 0.15) is 16.7 Å². The molecule has 4 nitrogen and oxygen atoms in total. The van der Waals surface area contributed by atoms with Gasteiger partial charge in [-0.25, -0.2) is 0 Å². The molecule has 2 rings (SSSR count). The third-order valence-corrected chi connectivity index (χ3v) is 3.61. The van der Waals surface area contributed by atoms with Gasteiger partial charge in [-0.1, -0.05) is 12.1 Å². The standard InChI is InChI=1S/C18H22N2O2/c1-14-4-5-15(2)17(12-14)22-13-18(21)20(3)11-8-16-6-9-19-10-7-16/h4-7,9-10,12H,8,11,13H2,1-3H3. The summed E-state index contributed by atoms with van der Waals surface area (Å²) in [5, 5.41) is 0. The number of hydrogen-bond acceptors (Lipinski definition) is 3. The van der Waals surface area contributed by atoms with Crippen LogP contribution in [0.3, 0.4) is 0 Å². The van der Waals surface area contributed by atoms with Crippen molar-refractivity contribution in [2.75, 3.05) is 20.2 Å². The third-order valence-electron chi connectivity index (χ3n) is 3.61. The Labute approximate surface area is 131 Å². The van der Waals surface area contributed by atoms with Gasteiger partial charge < -0.3 is 9.64 Å². The molecule has 1 amide bonds. The number of ether oxygens (including phenoxy) is 1. The molecular weight excluding hydrogens is 276 g/mol. The van der Waals surface area contributed by atoms with Crippen molar-refractivity contribution in [2.45, 2.75) is 20.3 Å². The van der Waals surface area contributed by atoms with Gasteiger partial charge in [0.05, 0.1) is 0 Å². The van der Waals surface area contributed by atoms with Crippen molar-refractivity contribution >= 4 is 5.91 Å². The first-order valence-electron chi connectivity index (χ1n) is 7.39. The largest absolute Gasteiger partial charge is 0.483 e. The highest BCUT2D eigenvalue weighted by molar-refractivity contribution is 5.77. The second kappa shape index (κ2) is 7.59. The lowest BCUT2D eigenvalue weighted by molar-refractivity contribution is -0.132. The van der Waals surface area contributed by atoms with Crippen molar-refractivity contribution < 1.29 is 9.53 Å². The lowest BCUT2D eigenvalue weighted by Crippen LogP contribution is -2.33. The van der Waals surface area contributed by atoms with Gasteiger partial charge in [0, 0.05) is 26.0 Å². The fourth-order valence-corrected chi connectivity index (χ4v) is 2.08. The Bertz CT molecular complexity index is 626. The second-order valence-electron chi connectivity index (χ2n) is 5.48. The summed E-state index contributed by atoms with van der Waals surface area (Å²) in [5.74, 6) is 0.755.